The van der Waals surface area contributed by atoms with Crippen molar-refractivity contribution in [1.29, 1.82) is 0 Å². The van der Waals surface area contributed by atoms with Crippen LogP contribution in [0.1, 0.15) is 18.9 Å². The number of aryl methyl sites for hydroxylation is 1. The maximum atomic E-state index is 4.47. The van der Waals surface area contributed by atoms with Crippen LogP contribution in [0.4, 0.5) is 10.9 Å². The minimum Gasteiger partial charge on any atom is -0.314 e. The number of aromatic amines is 1. The van der Waals surface area contributed by atoms with E-state index in [1.54, 1.807) is 23.7 Å². The lowest BCUT2D eigenvalue weighted by Gasteiger charge is -2.07. The molecule has 3 heterocycles. The fraction of sp³-hybridized carbons (Fsp3) is 0.167. The van der Waals surface area contributed by atoms with Crippen LogP contribution in [-0.2, 0) is 6.42 Å². The van der Waals surface area contributed by atoms with Gasteiger partial charge in [-0.1, -0.05) is 19.4 Å². The van der Waals surface area contributed by atoms with Crippen LogP contribution >= 0.6 is 11.3 Å². The highest BCUT2D eigenvalue weighted by Gasteiger charge is 2.13. The molecule has 24 heavy (non-hydrogen) atoms. The summed E-state index contributed by atoms with van der Waals surface area (Å²) in [6.07, 6.45) is 7.60. The Hall–Kier alpha value is -2.73. The lowest BCUT2D eigenvalue weighted by atomic mass is 9.99. The van der Waals surface area contributed by atoms with E-state index in [1.165, 1.54) is 5.56 Å². The Morgan fingerprint density at radius 2 is 2.21 bits per heavy atom. The van der Waals surface area contributed by atoms with Gasteiger partial charge in [-0.15, -0.1) is 11.3 Å². The van der Waals surface area contributed by atoms with E-state index in [0.717, 1.165) is 45.8 Å². The van der Waals surface area contributed by atoms with Gasteiger partial charge in [-0.25, -0.2) is 4.98 Å². The lowest BCUT2D eigenvalue weighted by Crippen LogP contribution is -1.91. The molecule has 0 fully saturated rings. The molecule has 0 radical (unpaired) electrons. The summed E-state index contributed by atoms with van der Waals surface area (Å²) in [7, 11) is 0. The van der Waals surface area contributed by atoms with E-state index in [4.69, 9.17) is 0 Å². The molecular weight excluding hydrogens is 318 g/mol. The maximum Gasteiger partial charge on any atom is 0.188 e. The van der Waals surface area contributed by atoms with Crippen molar-refractivity contribution in [2.24, 2.45) is 0 Å². The molecule has 120 valence electrons. The Morgan fingerprint density at radius 3 is 2.96 bits per heavy atom. The number of anilines is 2. The highest BCUT2D eigenvalue weighted by molar-refractivity contribution is 7.13. The second-order valence-corrected chi connectivity index (χ2v) is 6.49. The molecule has 0 saturated heterocycles. The van der Waals surface area contributed by atoms with Gasteiger partial charge < -0.3 is 5.32 Å². The summed E-state index contributed by atoms with van der Waals surface area (Å²) < 4.78 is 0. The smallest absolute Gasteiger partial charge is 0.188 e. The molecule has 2 N–H and O–H groups in total. The molecule has 4 rings (SSSR count). The van der Waals surface area contributed by atoms with Gasteiger partial charge in [0.15, 0.2) is 10.9 Å². The third-order valence-corrected chi connectivity index (χ3v) is 4.59. The van der Waals surface area contributed by atoms with E-state index in [-0.39, 0.29) is 0 Å². The highest BCUT2D eigenvalue weighted by atomic mass is 32.1. The molecule has 0 amide bonds. The number of aromatic nitrogens is 4. The maximum absolute atomic E-state index is 4.47. The van der Waals surface area contributed by atoms with Gasteiger partial charge >= 0.3 is 0 Å². The number of benzene rings is 1. The SMILES string of the molecule is CCCc1cc(-c2cccnc2)c2[nH]nc(Nc3nccs3)c2c1. The van der Waals surface area contributed by atoms with Crippen LogP contribution in [0.15, 0.2) is 48.2 Å². The topological polar surface area (TPSA) is 66.5 Å². The van der Waals surface area contributed by atoms with Crippen molar-refractivity contribution in [2.45, 2.75) is 19.8 Å². The molecule has 0 bridgehead atoms. The first kappa shape index (κ1) is 14.8. The van der Waals surface area contributed by atoms with Crippen LogP contribution in [0, 0.1) is 0 Å². The molecular formula is C18H17N5S. The van der Waals surface area contributed by atoms with Crippen molar-refractivity contribution in [2.75, 3.05) is 5.32 Å². The van der Waals surface area contributed by atoms with Crippen molar-refractivity contribution in [3.63, 3.8) is 0 Å². The summed E-state index contributed by atoms with van der Waals surface area (Å²) >= 11 is 1.56. The predicted octanol–water partition coefficient (Wildman–Crippen LogP) is 4.78. The monoisotopic (exact) mass is 335 g/mol. The van der Waals surface area contributed by atoms with Gasteiger partial charge in [0, 0.05) is 40.5 Å². The predicted molar refractivity (Wildman–Crippen MR) is 98.7 cm³/mol. The molecule has 5 nitrogen and oxygen atoms in total. The van der Waals surface area contributed by atoms with Crippen molar-refractivity contribution >= 4 is 33.2 Å². The largest absolute Gasteiger partial charge is 0.314 e. The van der Waals surface area contributed by atoms with E-state index in [2.05, 4.69) is 50.6 Å². The van der Waals surface area contributed by atoms with Crippen LogP contribution < -0.4 is 5.32 Å². The van der Waals surface area contributed by atoms with Gasteiger partial charge in [0.2, 0.25) is 0 Å². The van der Waals surface area contributed by atoms with E-state index in [0.29, 0.717) is 0 Å². The third kappa shape index (κ3) is 2.76. The van der Waals surface area contributed by atoms with E-state index in [1.807, 2.05) is 17.6 Å². The van der Waals surface area contributed by atoms with Gasteiger partial charge in [0.1, 0.15) is 0 Å². The normalized spacial score (nSPS) is 11.0. The van der Waals surface area contributed by atoms with Gasteiger partial charge in [0.25, 0.3) is 0 Å². The van der Waals surface area contributed by atoms with E-state index < -0.39 is 0 Å². The Kier molecular flexibility index (Phi) is 3.96. The Bertz CT molecular complexity index is 944. The second kappa shape index (κ2) is 6.41. The van der Waals surface area contributed by atoms with E-state index in [9.17, 15) is 0 Å². The number of hydrogen-bond donors (Lipinski definition) is 2. The first-order valence-electron chi connectivity index (χ1n) is 7.93. The first-order chi connectivity index (χ1) is 11.8. The standard InChI is InChI=1S/C18H17N5S/c1-2-4-12-9-14(13-5-3-6-19-11-13)16-15(10-12)17(23-22-16)21-18-20-7-8-24-18/h3,5-11H,2,4H2,1H3,(H2,20,21,22,23). The molecule has 0 aliphatic carbocycles. The average Bonchev–Trinajstić information content (AvgIpc) is 3.26. The van der Waals surface area contributed by atoms with Crippen LogP contribution in [0.25, 0.3) is 22.0 Å². The molecule has 4 aromatic rings. The molecule has 0 saturated carbocycles. The lowest BCUT2D eigenvalue weighted by molar-refractivity contribution is 0.924. The average molecular weight is 335 g/mol. The summed E-state index contributed by atoms with van der Waals surface area (Å²) in [6, 6.07) is 8.47. The van der Waals surface area contributed by atoms with Gasteiger partial charge in [-0.3, -0.25) is 10.1 Å². The number of nitrogens with one attached hydrogen (secondary N) is 2. The van der Waals surface area contributed by atoms with Gasteiger partial charge in [-0.05, 0) is 30.2 Å². The van der Waals surface area contributed by atoms with Crippen LogP contribution in [0.5, 0.6) is 0 Å². The number of H-pyrrole nitrogens is 1. The van der Waals surface area contributed by atoms with Gasteiger partial charge in [-0.2, -0.15) is 5.10 Å². The minimum absolute atomic E-state index is 0.808. The number of pyridine rings is 1. The number of hydrogen-bond acceptors (Lipinski definition) is 5. The molecule has 3 aromatic heterocycles. The molecule has 0 aliphatic rings. The molecule has 6 heteroatoms. The summed E-state index contributed by atoms with van der Waals surface area (Å²) in [5, 5.41) is 14.8. The number of rotatable bonds is 5. The van der Waals surface area contributed by atoms with Gasteiger partial charge in [0.05, 0.1) is 5.52 Å². The summed E-state index contributed by atoms with van der Waals surface area (Å²) in [5.74, 6) is 0.808. The summed E-state index contributed by atoms with van der Waals surface area (Å²) in [4.78, 5) is 8.53. The minimum atomic E-state index is 0.808. The van der Waals surface area contributed by atoms with Crippen LogP contribution in [0.2, 0.25) is 0 Å². The number of thiazole rings is 1. The van der Waals surface area contributed by atoms with Crippen molar-refractivity contribution in [3.05, 3.63) is 53.8 Å². The van der Waals surface area contributed by atoms with E-state index >= 15 is 0 Å². The fourth-order valence-corrected chi connectivity index (χ4v) is 3.37. The van der Waals surface area contributed by atoms with Crippen molar-refractivity contribution in [1.82, 2.24) is 20.2 Å². The molecule has 0 spiro atoms. The third-order valence-electron chi connectivity index (χ3n) is 3.90. The zero-order valence-electron chi connectivity index (χ0n) is 13.3. The molecule has 1 aromatic carbocycles. The van der Waals surface area contributed by atoms with Crippen molar-refractivity contribution in [3.8, 4) is 11.1 Å². The molecule has 0 unspecified atom stereocenters. The second-order valence-electron chi connectivity index (χ2n) is 5.59. The molecule has 0 atom stereocenters. The zero-order chi connectivity index (χ0) is 16.4. The quantitative estimate of drug-likeness (QED) is 0.551. The summed E-state index contributed by atoms with van der Waals surface area (Å²) in [6.45, 7) is 2.19. The fourth-order valence-electron chi connectivity index (χ4n) is 2.85. The Morgan fingerprint density at radius 1 is 1.25 bits per heavy atom. The highest BCUT2D eigenvalue weighted by Crippen LogP contribution is 2.33. The zero-order valence-corrected chi connectivity index (χ0v) is 14.1. The Balaban J connectivity index is 1.87. The number of nitrogens with zero attached hydrogens (tertiary/aromatic N) is 3. The summed E-state index contributed by atoms with van der Waals surface area (Å²) in [5.41, 5.74) is 4.53. The van der Waals surface area contributed by atoms with Crippen LogP contribution in [-0.4, -0.2) is 20.2 Å². The first-order valence-corrected chi connectivity index (χ1v) is 8.81. The molecule has 0 aliphatic heterocycles. The van der Waals surface area contributed by atoms with Crippen LogP contribution in [0.3, 0.4) is 0 Å². The van der Waals surface area contributed by atoms with Crippen molar-refractivity contribution < 1.29 is 0 Å². The number of fused-ring (bicyclic) bond motifs is 1. The Labute approximate surface area is 143 Å².